The Labute approximate surface area is 112 Å². The lowest BCUT2D eigenvalue weighted by Gasteiger charge is -2.11. The lowest BCUT2D eigenvalue weighted by Crippen LogP contribution is -1.94. The molecule has 0 aromatic heterocycles. The number of benzene rings is 2. The van der Waals surface area contributed by atoms with Gasteiger partial charge >= 0.3 is 0 Å². The van der Waals surface area contributed by atoms with E-state index in [-0.39, 0.29) is 0 Å². The highest BCUT2D eigenvalue weighted by Gasteiger charge is 2.04. The lowest BCUT2D eigenvalue weighted by molar-refractivity contribution is 0.340. The Morgan fingerprint density at radius 1 is 1.16 bits per heavy atom. The van der Waals surface area contributed by atoms with E-state index in [2.05, 4.69) is 10.5 Å². The summed E-state index contributed by atoms with van der Waals surface area (Å²) < 4.78 is 5.39. The molecule has 2 rings (SSSR count). The van der Waals surface area contributed by atoms with Crippen molar-refractivity contribution in [3.8, 4) is 5.75 Å². The molecule has 4 heteroatoms. The van der Waals surface area contributed by atoms with E-state index in [0.29, 0.717) is 12.3 Å². The van der Waals surface area contributed by atoms with Gasteiger partial charge in [0.05, 0.1) is 6.61 Å². The molecule has 0 fully saturated rings. The quantitative estimate of drug-likeness (QED) is 0.799. The Morgan fingerprint density at radius 2 is 1.89 bits per heavy atom. The van der Waals surface area contributed by atoms with Crippen LogP contribution in [0.5, 0.6) is 5.75 Å². The predicted octanol–water partition coefficient (Wildman–Crippen LogP) is 4.54. The van der Waals surface area contributed by atoms with Crippen LogP contribution in [0.3, 0.4) is 0 Å². The third kappa shape index (κ3) is 3.10. The van der Waals surface area contributed by atoms with Crippen molar-refractivity contribution >= 4 is 17.1 Å². The maximum atomic E-state index is 10.7. The molecule has 2 aromatic carbocycles. The summed E-state index contributed by atoms with van der Waals surface area (Å²) >= 11 is 0. The van der Waals surface area contributed by atoms with Gasteiger partial charge in [-0.15, -0.1) is 4.91 Å². The summed E-state index contributed by atoms with van der Waals surface area (Å²) in [5, 5.41) is 6.26. The maximum Gasteiger partial charge on any atom is 0.119 e. The minimum atomic E-state index is 0.455. The monoisotopic (exact) mass is 256 g/mol. The van der Waals surface area contributed by atoms with E-state index in [9.17, 15) is 4.91 Å². The van der Waals surface area contributed by atoms with Gasteiger partial charge in [0.2, 0.25) is 0 Å². The summed E-state index contributed by atoms with van der Waals surface area (Å²) in [5.41, 5.74) is 3.11. The zero-order valence-corrected chi connectivity index (χ0v) is 11.0. The minimum absolute atomic E-state index is 0.455. The predicted molar refractivity (Wildman–Crippen MR) is 77.5 cm³/mol. The van der Waals surface area contributed by atoms with Crippen LogP contribution in [0.1, 0.15) is 12.5 Å². The molecule has 0 saturated heterocycles. The molecule has 2 aromatic rings. The Morgan fingerprint density at radius 3 is 2.53 bits per heavy atom. The lowest BCUT2D eigenvalue weighted by atomic mass is 10.1. The van der Waals surface area contributed by atoms with Gasteiger partial charge in [0, 0.05) is 16.9 Å². The molecule has 0 aliphatic carbocycles. The second kappa shape index (κ2) is 6.00. The van der Waals surface area contributed by atoms with Crippen molar-refractivity contribution < 1.29 is 4.74 Å². The summed E-state index contributed by atoms with van der Waals surface area (Å²) in [4.78, 5) is 10.7. The van der Waals surface area contributed by atoms with Crippen molar-refractivity contribution in [3.63, 3.8) is 0 Å². The van der Waals surface area contributed by atoms with Crippen molar-refractivity contribution in [2.24, 2.45) is 5.18 Å². The summed E-state index contributed by atoms with van der Waals surface area (Å²) in [6.07, 6.45) is 0. The van der Waals surface area contributed by atoms with E-state index in [4.69, 9.17) is 4.74 Å². The number of nitrogens with zero attached hydrogens (tertiary/aromatic N) is 1. The second-order valence-corrected chi connectivity index (χ2v) is 4.12. The molecule has 0 saturated carbocycles. The fourth-order valence-electron chi connectivity index (χ4n) is 1.81. The normalized spacial score (nSPS) is 10.0. The van der Waals surface area contributed by atoms with Crippen LogP contribution >= 0.6 is 0 Å². The van der Waals surface area contributed by atoms with Gasteiger partial charge in [0.25, 0.3) is 0 Å². The van der Waals surface area contributed by atoms with Crippen molar-refractivity contribution in [2.45, 2.75) is 13.8 Å². The van der Waals surface area contributed by atoms with Crippen LogP contribution in [-0.4, -0.2) is 6.61 Å². The van der Waals surface area contributed by atoms with E-state index < -0.39 is 0 Å². The molecule has 1 N–H and O–H groups in total. The number of nitrogens with one attached hydrogen (secondary N) is 1. The summed E-state index contributed by atoms with van der Waals surface area (Å²) in [6, 6.07) is 13.1. The molecule has 0 atom stereocenters. The van der Waals surface area contributed by atoms with Crippen LogP contribution in [0.25, 0.3) is 0 Å². The van der Waals surface area contributed by atoms with Gasteiger partial charge in [0.1, 0.15) is 11.4 Å². The largest absolute Gasteiger partial charge is 0.494 e. The maximum absolute atomic E-state index is 10.7. The van der Waals surface area contributed by atoms with Crippen LogP contribution in [0, 0.1) is 11.8 Å². The molecular weight excluding hydrogens is 240 g/mol. The van der Waals surface area contributed by atoms with Crippen LogP contribution in [0.4, 0.5) is 17.1 Å². The van der Waals surface area contributed by atoms with Gasteiger partial charge in [-0.25, -0.2) is 0 Å². The minimum Gasteiger partial charge on any atom is -0.494 e. The van der Waals surface area contributed by atoms with Crippen molar-refractivity contribution in [3.05, 3.63) is 52.9 Å². The molecule has 0 spiro atoms. The molecule has 0 bridgehead atoms. The molecule has 0 amide bonds. The average molecular weight is 256 g/mol. The van der Waals surface area contributed by atoms with Crippen LogP contribution in [0.15, 0.2) is 47.6 Å². The second-order valence-electron chi connectivity index (χ2n) is 4.12. The Balaban J connectivity index is 2.19. The zero-order chi connectivity index (χ0) is 13.7. The molecule has 0 heterocycles. The van der Waals surface area contributed by atoms with E-state index in [0.717, 1.165) is 22.7 Å². The number of anilines is 2. The molecule has 0 aliphatic rings. The van der Waals surface area contributed by atoms with Gasteiger partial charge in [-0.3, -0.25) is 0 Å². The van der Waals surface area contributed by atoms with E-state index in [1.165, 1.54) is 0 Å². The number of nitroso groups, excluding NO2 is 1. The topological polar surface area (TPSA) is 50.7 Å². The molecule has 0 aliphatic heterocycles. The summed E-state index contributed by atoms with van der Waals surface area (Å²) in [7, 11) is 0. The number of ether oxygens (including phenoxy) is 1. The first-order chi connectivity index (χ1) is 9.24. The van der Waals surface area contributed by atoms with Crippen molar-refractivity contribution in [2.75, 3.05) is 11.9 Å². The smallest absolute Gasteiger partial charge is 0.119 e. The third-order valence-corrected chi connectivity index (χ3v) is 2.85. The first kappa shape index (κ1) is 13.1. The summed E-state index contributed by atoms with van der Waals surface area (Å²) in [5.74, 6) is 0.841. The van der Waals surface area contributed by atoms with Gasteiger partial charge in [-0.2, -0.15) is 0 Å². The average Bonchev–Trinajstić information content (AvgIpc) is 2.43. The molecule has 19 heavy (non-hydrogen) atoms. The highest BCUT2D eigenvalue weighted by atomic mass is 16.5. The first-order valence-corrected chi connectivity index (χ1v) is 6.17. The number of hydrogen-bond donors (Lipinski definition) is 1. The van der Waals surface area contributed by atoms with Gasteiger partial charge in [0.15, 0.2) is 0 Å². The van der Waals surface area contributed by atoms with Crippen LogP contribution in [-0.2, 0) is 0 Å². The number of rotatable bonds is 5. The highest BCUT2D eigenvalue weighted by molar-refractivity contribution is 5.69. The highest BCUT2D eigenvalue weighted by Crippen LogP contribution is 2.28. The zero-order valence-electron chi connectivity index (χ0n) is 11.0. The Kier molecular flexibility index (Phi) is 4.13. The molecule has 4 nitrogen and oxygen atoms in total. The molecule has 0 unspecified atom stereocenters. The summed E-state index contributed by atoms with van der Waals surface area (Å²) in [6.45, 7) is 4.47. The fraction of sp³-hybridized carbons (Fsp3) is 0.200. The third-order valence-electron chi connectivity index (χ3n) is 2.85. The molecule has 0 radical (unpaired) electrons. The van der Waals surface area contributed by atoms with Crippen molar-refractivity contribution in [1.29, 1.82) is 0 Å². The standard InChI is InChI=1S/C15H16N2O2/c1-3-19-13-9-7-12(8-10-13)16-14-5-4-6-15(17-18)11(14)2/h4-10,16H,3H2,1-2H3. The fourth-order valence-corrected chi connectivity index (χ4v) is 1.81. The first-order valence-electron chi connectivity index (χ1n) is 6.17. The Hall–Kier alpha value is -2.36. The van der Waals surface area contributed by atoms with Gasteiger partial charge in [-0.1, -0.05) is 6.07 Å². The van der Waals surface area contributed by atoms with E-state index >= 15 is 0 Å². The van der Waals surface area contributed by atoms with E-state index in [1.54, 1.807) is 12.1 Å². The SMILES string of the molecule is CCOc1ccc(Nc2cccc(N=O)c2C)cc1. The van der Waals surface area contributed by atoms with Gasteiger partial charge < -0.3 is 10.1 Å². The van der Waals surface area contributed by atoms with E-state index in [1.807, 2.05) is 44.2 Å². The van der Waals surface area contributed by atoms with Crippen LogP contribution in [0.2, 0.25) is 0 Å². The van der Waals surface area contributed by atoms with Crippen LogP contribution < -0.4 is 10.1 Å². The Bertz CT molecular complexity index is 565. The number of hydrogen-bond acceptors (Lipinski definition) is 4. The molecular formula is C15H16N2O2. The molecule has 98 valence electrons. The van der Waals surface area contributed by atoms with Gasteiger partial charge in [-0.05, 0) is 55.4 Å². The van der Waals surface area contributed by atoms with Crippen molar-refractivity contribution in [1.82, 2.24) is 0 Å².